The third-order valence-electron chi connectivity index (χ3n) is 2.65. The van der Waals surface area contributed by atoms with E-state index in [1.807, 2.05) is 18.2 Å². The number of hydrogen-bond acceptors (Lipinski definition) is 1. The summed E-state index contributed by atoms with van der Waals surface area (Å²) < 4.78 is 0. The lowest BCUT2D eigenvalue weighted by Crippen LogP contribution is -1.98. The fourth-order valence-electron chi connectivity index (χ4n) is 1.73. The van der Waals surface area contributed by atoms with E-state index in [0.29, 0.717) is 6.54 Å². The molecule has 0 aliphatic rings. The number of hydrogen-bond donors (Lipinski definition) is 1. The third kappa shape index (κ3) is 2.26. The van der Waals surface area contributed by atoms with Gasteiger partial charge in [0.1, 0.15) is 0 Å². The number of rotatable bonds is 2. The highest BCUT2D eigenvalue weighted by Gasteiger charge is 2.04. The van der Waals surface area contributed by atoms with E-state index in [0.717, 1.165) is 21.7 Å². The molecule has 0 saturated heterocycles. The summed E-state index contributed by atoms with van der Waals surface area (Å²) in [6, 6.07) is 14.2. The zero-order valence-electron chi connectivity index (χ0n) is 9.20. The predicted octanol–water partition coefficient (Wildman–Crippen LogP) is 3.77. The molecule has 0 spiro atoms. The first-order chi connectivity index (χ1) is 7.70. The molecule has 0 heterocycles. The zero-order chi connectivity index (χ0) is 11.5. The van der Waals surface area contributed by atoms with Gasteiger partial charge in [0.25, 0.3) is 0 Å². The minimum absolute atomic E-state index is 0.528. The van der Waals surface area contributed by atoms with Gasteiger partial charge in [-0.15, -0.1) is 0 Å². The van der Waals surface area contributed by atoms with Gasteiger partial charge in [0.05, 0.1) is 0 Å². The summed E-state index contributed by atoms with van der Waals surface area (Å²) in [5.74, 6) is 0. The van der Waals surface area contributed by atoms with Crippen molar-refractivity contribution < 1.29 is 0 Å². The van der Waals surface area contributed by atoms with E-state index >= 15 is 0 Å². The van der Waals surface area contributed by atoms with Gasteiger partial charge >= 0.3 is 0 Å². The Morgan fingerprint density at radius 1 is 1.06 bits per heavy atom. The molecule has 2 aromatic rings. The van der Waals surface area contributed by atoms with Crippen molar-refractivity contribution in [2.75, 3.05) is 0 Å². The Labute approximate surface area is 101 Å². The van der Waals surface area contributed by atoms with E-state index in [2.05, 4.69) is 31.2 Å². The second-order valence-electron chi connectivity index (χ2n) is 3.87. The minimum atomic E-state index is 0.528. The molecule has 2 heteroatoms. The van der Waals surface area contributed by atoms with Crippen LogP contribution < -0.4 is 5.73 Å². The van der Waals surface area contributed by atoms with Crippen LogP contribution >= 0.6 is 11.6 Å². The molecule has 82 valence electrons. The Bertz CT molecular complexity index is 489. The van der Waals surface area contributed by atoms with E-state index in [9.17, 15) is 0 Å². The average molecular weight is 232 g/mol. The molecule has 0 atom stereocenters. The van der Waals surface area contributed by atoms with Gasteiger partial charge in [-0.3, -0.25) is 0 Å². The van der Waals surface area contributed by atoms with E-state index in [1.54, 1.807) is 0 Å². The summed E-state index contributed by atoms with van der Waals surface area (Å²) in [4.78, 5) is 0. The van der Waals surface area contributed by atoms with Crippen molar-refractivity contribution in [3.05, 3.63) is 58.6 Å². The lowest BCUT2D eigenvalue weighted by Gasteiger charge is -2.08. The lowest BCUT2D eigenvalue weighted by molar-refractivity contribution is 1.07. The summed E-state index contributed by atoms with van der Waals surface area (Å²) in [7, 11) is 0. The van der Waals surface area contributed by atoms with Crippen molar-refractivity contribution in [3.63, 3.8) is 0 Å². The maximum Gasteiger partial charge on any atom is 0.0412 e. The Hall–Kier alpha value is -1.31. The van der Waals surface area contributed by atoms with E-state index in [-0.39, 0.29) is 0 Å². The molecule has 0 aliphatic carbocycles. The highest BCUT2D eigenvalue weighted by Crippen LogP contribution is 2.27. The molecule has 2 rings (SSSR count). The molecule has 16 heavy (non-hydrogen) atoms. The Morgan fingerprint density at radius 2 is 1.75 bits per heavy atom. The van der Waals surface area contributed by atoms with Gasteiger partial charge in [-0.05, 0) is 35.7 Å². The van der Waals surface area contributed by atoms with Crippen molar-refractivity contribution in [2.24, 2.45) is 5.73 Å². The van der Waals surface area contributed by atoms with E-state index in [4.69, 9.17) is 17.3 Å². The van der Waals surface area contributed by atoms with Crippen LogP contribution in [0.5, 0.6) is 0 Å². The van der Waals surface area contributed by atoms with Crippen molar-refractivity contribution in [3.8, 4) is 11.1 Å². The molecule has 0 aliphatic heterocycles. The summed E-state index contributed by atoms with van der Waals surface area (Å²) in [5.41, 5.74) is 10.4. The van der Waals surface area contributed by atoms with Crippen LogP contribution in [0.4, 0.5) is 0 Å². The minimum Gasteiger partial charge on any atom is -0.326 e. The first kappa shape index (κ1) is 11.2. The van der Waals surface area contributed by atoms with Crippen molar-refractivity contribution in [1.29, 1.82) is 0 Å². The van der Waals surface area contributed by atoms with Gasteiger partial charge in [0.2, 0.25) is 0 Å². The smallest absolute Gasteiger partial charge is 0.0412 e. The molecule has 0 fully saturated rings. The molecule has 0 bridgehead atoms. The van der Waals surface area contributed by atoms with Gasteiger partial charge in [0, 0.05) is 11.6 Å². The predicted molar refractivity (Wildman–Crippen MR) is 69.5 cm³/mol. The molecule has 1 nitrogen and oxygen atoms in total. The molecule has 0 unspecified atom stereocenters. The van der Waals surface area contributed by atoms with Crippen molar-refractivity contribution in [2.45, 2.75) is 13.5 Å². The van der Waals surface area contributed by atoms with Crippen molar-refractivity contribution in [1.82, 2.24) is 0 Å². The second-order valence-corrected chi connectivity index (χ2v) is 4.31. The fourth-order valence-corrected chi connectivity index (χ4v) is 1.90. The zero-order valence-corrected chi connectivity index (χ0v) is 9.96. The van der Waals surface area contributed by atoms with E-state index in [1.165, 1.54) is 5.56 Å². The average Bonchev–Trinajstić information content (AvgIpc) is 2.30. The monoisotopic (exact) mass is 231 g/mol. The summed E-state index contributed by atoms with van der Waals surface area (Å²) in [5, 5.41) is 0.743. The SMILES string of the molecule is Cc1ccc(-c2cc(Cl)ccc2CN)cc1. The number of halogens is 1. The number of nitrogens with two attached hydrogens (primary N) is 1. The third-order valence-corrected chi connectivity index (χ3v) is 2.89. The molecular formula is C14H14ClN. The van der Waals surface area contributed by atoms with Crippen molar-refractivity contribution >= 4 is 11.6 Å². The van der Waals surface area contributed by atoms with Crippen LogP contribution in [0.1, 0.15) is 11.1 Å². The fraction of sp³-hybridized carbons (Fsp3) is 0.143. The van der Waals surface area contributed by atoms with Crippen LogP contribution in [-0.4, -0.2) is 0 Å². The molecule has 0 saturated carbocycles. The molecular weight excluding hydrogens is 218 g/mol. The largest absolute Gasteiger partial charge is 0.326 e. The topological polar surface area (TPSA) is 26.0 Å². The van der Waals surface area contributed by atoms with Crippen LogP contribution in [0.25, 0.3) is 11.1 Å². The molecule has 2 aromatic carbocycles. The van der Waals surface area contributed by atoms with Gasteiger partial charge < -0.3 is 5.73 Å². The first-order valence-electron chi connectivity index (χ1n) is 5.26. The Kier molecular flexibility index (Phi) is 3.28. The molecule has 0 amide bonds. The van der Waals surface area contributed by atoms with Gasteiger partial charge in [-0.2, -0.15) is 0 Å². The lowest BCUT2D eigenvalue weighted by atomic mass is 9.99. The quantitative estimate of drug-likeness (QED) is 0.837. The Morgan fingerprint density at radius 3 is 2.38 bits per heavy atom. The van der Waals surface area contributed by atoms with Gasteiger partial charge in [-0.25, -0.2) is 0 Å². The number of benzene rings is 2. The maximum absolute atomic E-state index is 6.01. The van der Waals surface area contributed by atoms with Crippen LogP contribution in [0.2, 0.25) is 5.02 Å². The summed E-state index contributed by atoms with van der Waals surface area (Å²) in [6.07, 6.45) is 0. The van der Waals surface area contributed by atoms with Gasteiger partial charge in [0.15, 0.2) is 0 Å². The first-order valence-corrected chi connectivity index (χ1v) is 5.64. The van der Waals surface area contributed by atoms with Crippen LogP contribution in [0.3, 0.4) is 0 Å². The highest BCUT2D eigenvalue weighted by molar-refractivity contribution is 6.30. The molecule has 0 aromatic heterocycles. The maximum atomic E-state index is 6.01. The van der Waals surface area contributed by atoms with Crippen LogP contribution in [0, 0.1) is 6.92 Å². The van der Waals surface area contributed by atoms with E-state index < -0.39 is 0 Å². The molecule has 0 radical (unpaired) electrons. The number of aryl methyl sites for hydroxylation is 1. The Balaban J connectivity index is 2.53. The summed E-state index contributed by atoms with van der Waals surface area (Å²) in [6.45, 7) is 2.60. The second kappa shape index (κ2) is 4.69. The van der Waals surface area contributed by atoms with Gasteiger partial charge in [-0.1, -0.05) is 47.5 Å². The summed E-state index contributed by atoms with van der Waals surface area (Å²) >= 11 is 6.01. The molecule has 2 N–H and O–H groups in total. The normalized spacial score (nSPS) is 10.4. The van der Waals surface area contributed by atoms with Crippen LogP contribution in [0.15, 0.2) is 42.5 Å². The standard InChI is InChI=1S/C14H14ClN/c1-10-2-4-11(5-3-10)14-8-13(15)7-6-12(14)9-16/h2-8H,9,16H2,1H3. The van der Waals surface area contributed by atoms with Crippen LogP contribution in [-0.2, 0) is 6.54 Å². The highest BCUT2D eigenvalue weighted by atomic mass is 35.5.